The molecule has 0 unspecified atom stereocenters. The van der Waals surface area contributed by atoms with Gasteiger partial charge in [0.2, 0.25) is 0 Å². The van der Waals surface area contributed by atoms with Crippen LogP contribution in [0.4, 0.5) is 5.69 Å². The molecule has 0 saturated carbocycles. The quantitative estimate of drug-likeness (QED) is 0.699. The van der Waals surface area contributed by atoms with Crippen LogP contribution in [0.15, 0.2) is 54.1 Å². The Hall–Kier alpha value is -3.26. The minimum absolute atomic E-state index is 0.00331. The molecular formula is C18H14N2O3. The highest BCUT2D eigenvalue weighted by Crippen LogP contribution is 2.34. The summed E-state index contributed by atoms with van der Waals surface area (Å²) < 4.78 is 11.1. The van der Waals surface area contributed by atoms with Crippen LogP contribution in [0.3, 0.4) is 0 Å². The number of ether oxygens (including phenoxy) is 2. The van der Waals surface area contributed by atoms with Gasteiger partial charge in [0.15, 0.2) is 11.5 Å². The molecule has 0 radical (unpaired) electrons. The molecule has 1 heterocycles. The van der Waals surface area contributed by atoms with Crippen LogP contribution in [0, 0.1) is 11.3 Å². The van der Waals surface area contributed by atoms with E-state index in [1.54, 1.807) is 30.3 Å². The van der Waals surface area contributed by atoms with Gasteiger partial charge in [-0.3, -0.25) is 4.79 Å². The van der Waals surface area contributed by atoms with Crippen LogP contribution < -0.4 is 14.8 Å². The van der Waals surface area contributed by atoms with E-state index in [0.717, 1.165) is 0 Å². The van der Waals surface area contributed by atoms with E-state index < -0.39 is 5.91 Å². The van der Waals surface area contributed by atoms with Crippen molar-refractivity contribution >= 4 is 17.7 Å². The summed E-state index contributed by atoms with van der Waals surface area (Å²) in [6.07, 6.45) is 1.51. The van der Waals surface area contributed by atoms with Crippen molar-refractivity contribution in [2.24, 2.45) is 0 Å². The Morgan fingerprint density at radius 1 is 1.09 bits per heavy atom. The molecule has 1 amide bonds. The zero-order chi connectivity index (χ0) is 16.1. The lowest BCUT2D eigenvalue weighted by Crippen LogP contribution is -2.16. The second-order valence-corrected chi connectivity index (χ2v) is 4.86. The molecule has 0 bridgehead atoms. The molecule has 1 N–H and O–H groups in total. The molecule has 0 fully saturated rings. The number of nitriles is 1. The summed E-state index contributed by atoms with van der Waals surface area (Å²) >= 11 is 0. The fourth-order valence-electron chi connectivity index (χ4n) is 2.23. The maximum Gasteiger partial charge on any atom is 0.266 e. The van der Waals surface area contributed by atoms with Gasteiger partial charge >= 0.3 is 0 Å². The van der Waals surface area contributed by atoms with Crippen molar-refractivity contribution in [2.45, 2.75) is 0 Å². The lowest BCUT2D eigenvalue weighted by atomic mass is 10.1. The molecule has 2 aromatic carbocycles. The maximum atomic E-state index is 12.2. The number of rotatable bonds is 3. The van der Waals surface area contributed by atoms with Crippen LogP contribution in [-0.2, 0) is 4.79 Å². The van der Waals surface area contributed by atoms with Crippen LogP contribution in [0.2, 0.25) is 0 Å². The first-order valence-electron chi connectivity index (χ1n) is 7.15. The van der Waals surface area contributed by atoms with Crippen molar-refractivity contribution in [3.63, 3.8) is 0 Å². The summed E-state index contributed by atoms with van der Waals surface area (Å²) in [5.41, 5.74) is 1.27. The lowest BCUT2D eigenvalue weighted by molar-refractivity contribution is -0.112. The first-order chi connectivity index (χ1) is 11.3. The molecule has 0 atom stereocenters. The Morgan fingerprint density at radius 3 is 2.65 bits per heavy atom. The number of benzene rings is 2. The summed E-state index contributed by atoms with van der Waals surface area (Å²) in [5, 5.41) is 12.0. The van der Waals surface area contributed by atoms with Crippen LogP contribution in [0.25, 0.3) is 6.08 Å². The number of anilines is 1. The second-order valence-electron chi connectivity index (χ2n) is 4.86. The highest BCUT2D eigenvalue weighted by atomic mass is 16.6. The predicted molar refractivity (Wildman–Crippen MR) is 86.1 cm³/mol. The van der Waals surface area contributed by atoms with Gasteiger partial charge in [0.1, 0.15) is 24.9 Å². The van der Waals surface area contributed by atoms with E-state index >= 15 is 0 Å². The Kier molecular flexibility index (Phi) is 4.25. The summed E-state index contributed by atoms with van der Waals surface area (Å²) in [4.78, 5) is 12.2. The summed E-state index contributed by atoms with van der Waals surface area (Å²) in [6.45, 7) is 0.926. The zero-order valence-electron chi connectivity index (χ0n) is 12.3. The smallest absolute Gasteiger partial charge is 0.266 e. The third-order valence-electron chi connectivity index (χ3n) is 3.29. The van der Waals surface area contributed by atoms with Gasteiger partial charge in [-0.1, -0.05) is 30.3 Å². The molecule has 0 saturated heterocycles. The van der Waals surface area contributed by atoms with Crippen molar-refractivity contribution in [3.8, 4) is 17.6 Å². The van der Waals surface area contributed by atoms with E-state index in [2.05, 4.69) is 5.32 Å². The zero-order valence-corrected chi connectivity index (χ0v) is 12.3. The van der Waals surface area contributed by atoms with E-state index in [1.165, 1.54) is 6.08 Å². The molecular weight excluding hydrogens is 292 g/mol. The van der Waals surface area contributed by atoms with Crippen LogP contribution >= 0.6 is 0 Å². The van der Waals surface area contributed by atoms with Gasteiger partial charge in [0.25, 0.3) is 5.91 Å². The van der Waals surface area contributed by atoms with Crippen molar-refractivity contribution in [2.75, 3.05) is 18.5 Å². The first-order valence-corrected chi connectivity index (χ1v) is 7.15. The summed E-state index contributed by atoms with van der Waals surface area (Å²) in [6, 6.07) is 16.3. The van der Waals surface area contributed by atoms with Gasteiger partial charge < -0.3 is 14.8 Å². The van der Waals surface area contributed by atoms with E-state index in [4.69, 9.17) is 9.47 Å². The largest absolute Gasteiger partial charge is 0.486 e. The minimum Gasteiger partial charge on any atom is -0.486 e. The van der Waals surface area contributed by atoms with E-state index in [1.807, 2.05) is 24.3 Å². The van der Waals surface area contributed by atoms with Crippen molar-refractivity contribution < 1.29 is 14.3 Å². The second kappa shape index (κ2) is 6.67. The maximum absolute atomic E-state index is 12.2. The van der Waals surface area contributed by atoms with Gasteiger partial charge in [-0.05, 0) is 24.3 Å². The van der Waals surface area contributed by atoms with Crippen LogP contribution in [0.5, 0.6) is 11.5 Å². The van der Waals surface area contributed by atoms with Gasteiger partial charge in [-0.15, -0.1) is 0 Å². The molecule has 0 aliphatic carbocycles. The third kappa shape index (κ3) is 3.33. The van der Waals surface area contributed by atoms with Gasteiger partial charge in [0.05, 0.1) is 0 Å². The number of fused-ring (bicyclic) bond motifs is 1. The topological polar surface area (TPSA) is 71.3 Å². The molecule has 3 rings (SSSR count). The van der Waals surface area contributed by atoms with Crippen molar-refractivity contribution in [3.05, 3.63) is 59.7 Å². The first kappa shape index (κ1) is 14.7. The van der Waals surface area contributed by atoms with Gasteiger partial charge in [-0.2, -0.15) is 5.26 Å². The summed E-state index contributed by atoms with van der Waals surface area (Å²) in [7, 11) is 0. The number of nitrogens with zero attached hydrogens (tertiary/aromatic N) is 1. The molecule has 5 heteroatoms. The van der Waals surface area contributed by atoms with E-state index in [0.29, 0.717) is 36.0 Å². The molecule has 5 nitrogen and oxygen atoms in total. The normalized spacial score (nSPS) is 13.1. The van der Waals surface area contributed by atoms with Crippen molar-refractivity contribution in [1.29, 1.82) is 5.26 Å². The average molecular weight is 306 g/mol. The Labute approximate surface area is 133 Å². The monoisotopic (exact) mass is 306 g/mol. The number of para-hydroxylation sites is 2. The van der Waals surface area contributed by atoms with Gasteiger partial charge in [0, 0.05) is 11.3 Å². The highest BCUT2D eigenvalue weighted by Gasteiger charge is 2.16. The number of hydrogen-bond donors (Lipinski definition) is 1. The third-order valence-corrected chi connectivity index (χ3v) is 3.29. The number of hydrogen-bond acceptors (Lipinski definition) is 4. The Bertz CT molecular complexity index is 792. The SMILES string of the molecule is N#C/C(=C/c1cccc2c1OCCO2)C(=O)Nc1ccccc1. The molecule has 0 aromatic heterocycles. The molecule has 1 aliphatic rings. The average Bonchev–Trinajstić information content (AvgIpc) is 2.60. The number of carbonyl (C=O) groups excluding carboxylic acids is 1. The van der Waals surface area contributed by atoms with E-state index in [-0.39, 0.29) is 5.57 Å². The Morgan fingerprint density at radius 2 is 1.87 bits per heavy atom. The van der Waals surface area contributed by atoms with Crippen molar-refractivity contribution in [1.82, 2.24) is 0 Å². The number of nitrogens with one attached hydrogen (secondary N) is 1. The molecule has 2 aromatic rings. The fourth-order valence-corrected chi connectivity index (χ4v) is 2.23. The molecule has 0 spiro atoms. The Balaban J connectivity index is 1.88. The molecule has 1 aliphatic heterocycles. The minimum atomic E-state index is -0.465. The molecule has 114 valence electrons. The molecule has 23 heavy (non-hydrogen) atoms. The lowest BCUT2D eigenvalue weighted by Gasteiger charge is -2.19. The fraction of sp³-hybridized carbons (Fsp3) is 0.111. The summed E-state index contributed by atoms with van der Waals surface area (Å²) in [5.74, 6) is 0.706. The van der Waals surface area contributed by atoms with E-state index in [9.17, 15) is 10.1 Å². The highest BCUT2D eigenvalue weighted by molar-refractivity contribution is 6.09. The van der Waals surface area contributed by atoms with Crippen LogP contribution in [-0.4, -0.2) is 19.1 Å². The van der Waals surface area contributed by atoms with Crippen LogP contribution in [0.1, 0.15) is 5.56 Å². The number of amides is 1. The van der Waals surface area contributed by atoms with Gasteiger partial charge in [-0.25, -0.2) is 0 Å². The number of carbonyl (C=O) groups is 1. The standard InChI is InChI=1S/C18H14N2O3/c19-12-14(18(21)20-15-6-2-1-3-7-15)11-13-5-4-8-16-17(13)23-10-9-22-16/h1-8,11H,9-10H2,(H,20,21)/b14-11-. The predicted octanol–water partition coefficient (Wildman–Crippen LogP) is 3.00.